The van der Waals surface area contributed by atoms with Crippen molar-refractivity contribution < 1.29 is 24.6 Å². The summed E-state index contributed by atoms with van der Waals surface area (Å²) < 4.78 is 11.9. The number of ether oxygens (including phenoxy) is 1. The summed E-state index contributed by atoms with van der Waals surface area (Å²) in [5.74, 6) is 0.925. The van der Waals surface area contributed by atoms with Crippen molar-refractivity contribution in [1.29, 1.82) is 0 Å². The molecule has 0 saturated carbocycles. The number of imidazole rings is 1. The minimum Gasteiger partial charge on any atom is -0.394 e. The van der Waals surface area contributed by atoms with Crippen molar-refractivity contribution in [2.24, 2.45) is 0 Å². The van der Waals surface area contributed by atoms with Crippen LogP contribution in [0.5, 0.6) is 0 Å². The average Bonchev–Trinajstić information content (AvgIpc) is 3.20. The van der Waals surface area contributed by atoms with Gasteiger partial charge in [0.25, 0.3) is 0 Å². The molecule has 3 heterocycles. The Morgan fingerprint density at radius 1 is 1.35 bits per heavy atom. The van der Waals surface area contributed by atoms with Gasteiger partial charge in [0.2, 0.25) is 11.7 Å². The number of aliphatic hydroxyl groups excluding tert-OH is 3. The molecule has 0 aromatic carbocycles. The molecule has 0 unspecified atom stereocenters. The van der Waals surface area contributed by atoms with Crippen LogP contribution in [0.2, 0.25) is 0 Å². The highest BCUT2D eigenvalue weighted by atomic mass is 16.6. The van der Waals surface area contributed by atoms with E-state index < -0.39 is 31.1 Å². The molecule has 1 aliphatic heterocycles. The summed E-state index contributed by atoms with van der Waals surface area (Å²) in [6.45, 7) is 3.41. The second kappa shape index (κ2) is 5.89. The molecule has 126 valence electrons. The Morgan fingerprint density at radius 2 is 2.09 bits per heavy atom. The molecule has 3 rings (SSSR count). The number of aromatic nitrogens is 4. The molecule has 1 saturated heterocycles. The molecule has 0 bridgehead atoms. The molecule has 10 heteroatoms. The van der Waals surface area contributed by atoms with E-state index in [4.69, 9.17) is 20.1 Å². The standard InChI is InChI=1S/C13H19N5O5/c1-5(2)12-16-11(17-23-12)7-10(14)18(4-15-7)13-9(21)8(20)6(3-19)22-13/h4-6,8-9,13,19-21H,3,14H2,1-2H3/t6-,8-,9-,13-/m1/s1. The number of hydrogen-bond acceptors (Lipinski definition) is 9. The minimum atomic E-state index is -1.24. The van der Waals surface area contributed by atoms with Crippen molar-refractivity contribution in [3.05, 3.63) is 12.2 Å². The molecule has 0 radical (unpaired) electrons. The summed E-state index contributed by atoms with van der Waals surface area (Å²) in [6.07, 6.45) is -2.95. The summed E-state index contributed by atoms with van der Waals surface area (Å²) in [6, 6.07) is 0. The van der Waals surface area contributed by atoms with Crippen LogP contribution in [0.3, 0.4) is 0 Å². The van der Waals surface area contributed by atoms with Crippen LogP contribution in [0, 0.1) is 0 Å². The number of rotatable bonds is 4. The normalized spacial score (nSPS) is 27.9. The predicted octanol–water partition coefficient (Wildman–Crippen LogP) is -0.750. The minimum absolute atomic E-state index is 0.0695. The SMILES string of the molecule is CC(C)c1nc(-c2ncn([C@@H]3O[C@H](CO)[C@@H](O)[C@H]3O)c2N)no1. The van der Waals surface area contributed by atoms with Crippen LogP contribution < -0.4 is 5.73 Å². The first-order chi connectivity index (χ1) is 10.9. The Balaban J connectivity index is 1.90. The highest BCUT2D eigenvalue weighted by molar-refractivity contribution is 5.64. The highest BCUT2D eigenvalue weighted by Gasteiger charge is 2.44. The van der Waals surface area contributed by atoms with Crippen molar-refractivity contribution in [1.82, 2.24) is 19.7 Å². The lowest BCUT2D eigenvalue weighted by atomic mass is 10.1. The van der Waals surface area contributed by atoms with E-state index in [1.165, 1.54) is 10.9 Å². The fraction of sp³-hybridized carbons (Fsp3) is 0.615. The largest absolute Gasteiger partial charge is 0.394 e. The number of nitrogen functional groups attached to an aromatic ring is 1. The Kier molecular flexibility index (Phi) is 4.06. The van der Waals surface area contributed by atoms with Crippen molar-refractivity contribution in [3.8, 4) is 11.5 Å². The summed E-state index contributed by atoms with van der Waals surface area (Å²) in [5.41, 5.74) is 6.33. The van der Waals surface area contributed by atoms with E-state index >= 15 is 0 Å². The van der Waals surface area contributed by atoms with Gasteiger partial charge < -0.3 is 30.3 Å². The third-order valence-electron chi connectivity index (χ3n) is 3.77. The number of hydrogen-bond donors (Lipinski definition) is 4. The highest BCUT2D eigenvalue weighted by Crippen LogP contribution is 2.33. The van der Waals surface area contributed by atoms with Gasteiger partial charge in [-0.2, -0.15) is 4.98 Å². The van der Waals surface area contributed by atoms with Crippen LogP contribution in [0.4, 0.5) is 5.82 Å². The molecule has 0 aliphatic carbocycles. The van der Waals surface area contributed by atoms with Crippen LogP contribution in [-0.4, -0.2) is 59.9 Å². The summed E-state index contributed by atoms with van der Waals surface area (Å²) >= 11 is 0. The van der Waals surface area contributed by atoms with Gasteiger partial charge in [0.1, 0.15) is 24.1 Å². The van der Waals surface area contributed by atoms with Crippen LogP contribution in [0.1, 0.15) is 31.9 Å². The summed E-state index contributed by atoms with van der Waals surface area (Å²) in [5, 5.41) is 32.9. The van der Waals surface area contributed by atoms with E-state index in [0.29, 0.717) is 11.6 Å². The average molecular weight is 325 g/mol. The van der Waals surface area contributed by atoms with Gasteiger partial charge >= 0.3 is 0 Å². The number of anilines is 1. The maximum Gasteiger partial charge on any atom is 0.229 e. The second-order valence-electron chi connectivity index (χ2n) is 5.73. The fourth-order valence-corrected chi connectivity index (χ4v) is 2.42. The van der Waals surface area contributed by atoms with E-state index in [2.05, 4.69) is 15.1 Å². The van der Waals surface area contributed by atoms with Crippen molar-refractivity contribution in [2.45, 2.75) is 44.3 Å². The molecule has 2 aromatic rings. The van der Waals surface area contributed by atoms with E-state index in [1.54, 1.807) is 0 Å². The second-order valence-corrected chi connectivity index (χ2v) is 5.73. The zero-order chi connectivity index (χ0) is 16.7. The zero-order valence-corrected chi connectivity index (χ0v) is 12.7. The molecule has 0 amide bonds. The molecule has 1 fully saturated rings. The van der Waals surface area contributed by atoms with Gasteiger partial charge in [-0.05, 0) is 0 Å². The zero-order valence-electron chi connectivity index (χ0n) is 12.7. The van der Waals surface area contributed by atoms with Gasteiger partial charge in [-0.1, -0.05) is 19.0 Å². The predicted molar refractivity (Wildman–Crippen MR) is 77.0 cm³/mol. The van der Waals surface area contributed by atoms with E-state index in [0.717, 1.165) is 0 Å². The molecule has 10 nitrogen and oxygen atoms in total. The van der Waals surface area contributed by atoms with Crippen LogP contribution in [0.25, 0.3) is 11.5 Å². The van der Waals surface area contributed by atoms with Crippen molar-refractivity contribution in [2.75, 3.05) is 12.3 Å². The Hall–Kier alpha value is -2.01. The fourth-order valence-electron chi connectivity index (χ4n) is 2.42. The Bertz CT molecular complexity index is 684. The van der Waals surface area contributed by atoms with Crippen LogP contribution >= 0.6 is 0 Å². The third kappa shape index (κ3) is 2.59. The monoisotopic (exact) mass is 325 g/mol. The van der Waals surface area contributed by atoms with Crippen LogP contribution in [0.15, 0.2) is 10.9 Å². The molecule has 2 aromatic heterocycles. The topological polar surface area (TPSA) is 153 Å². The molecular formula is C13H19N5O5. The van der Waals surface area contributed by atoms with Gasteiger partial charge in [-0.15, -0.1) is 0 Å². The maximum atomic E-state index is 10.1. The van der Waals surface area contributed by atoms with Gasteiger partial charge in [0, 0.05) is 5.92 Å². The third-order valence-corrected chi connectivity index (χ3v) is 3.77. The smallest absolute Gasteiger partial charge is 0.229 e. The van der Waals surface area contributed by atoms with E-state index in [1.807, 2.05) is 13.8 Å². The van der Waals surface area contributed by atoms with Crippen molar-refractivity contribution >= 4 is 5.82 Å². The van der Waals surface area contributed by atoms with Crippen molar-refractivity contribution in [3.63, 3.8) is 0 Å². The van der Waals surface area contributed by atoms with E-state index in [-0.39, 0.29) is 17.6 Å². The number of nitrogens with two attached hydrogens (primary N) is 1. The first kappa shape index (κ1) is 15.9. The van der Waals surface area contributed by atoms with Gasteiger partial charge in [0.15, 0.2) is 11.9 Å². The first-order valence-electron chi connectivity index (χ1n) is 7.22. The first-order valence-corrected chi connectivity index (χ1v) is 7.22. The molecule has 23 heavy (non-hydrogen) atoms. The van der Waals surface area contributed by atoms with Gasteiger partial charge in [0.05, 0.1) is 12.9 Å². The lowest BCUT2D eigenvalue weighted by molar-refractivity contribution is -0.0517. The molecule has 4 atom stereocenters. The molecular weight excluding hydrogens is 306 g/mol. The van der Waals surface area contributed by atoms with E-state index in [9.17, 15) is 10.2 Å². The molecule has 1 aliphatic rings. The maximum absolute atomic E-state index is 10.1. The molecule has 5 N–H and O–H groups in total. The quantitative estimate of drug-likeness (QED) is 0.568. The lowest BCUT2D eigenvalue weighted by Crippen LogP contribution is -2.33. The number of nitrogens with zero attached hydrogens (tertiary/aromatic N) is 4. The van der Waals surface area contributed by atoms with Gasteiger partial charge in [-0.25, -0.2) is 4.98 Å². The molecule has 0 spiro atoms. The Labute approximate surface area is 131 Å². The number of aliphatic hydroxyl groups is 3. The summed E-state index contributed by atoms with van der Waals surface area (Å²) in [4.78, 5) is 8.35. The Morgan fingerprint density at radius 3 is 2.65 bits per heavy atom. The lowest BCUT2D eigenvalue weighted by Gasteiger charge is -2.17. The van der Waals surface area contributed by atoms with Gasteiger partial charge in [-0.3, -0.25) is 4.57 Å². The van der Waals surface area contributed by atoms with Crippen LogP contribution in [-0.2, 0) is 4.74 Å². The summed E-state index contributed by atoms with van der Waals surface area (Å²) in [7, 11) is 0.